The summed E-state index contributed by atoms with van der Waals surface area (Å²) in [5, 5.41) is 6.78. The minimum absolute atomic E-state index is 0.147. The van der Waals surface area contributed by atoms with Gasteiger partial charge in [-0.05, 0) is 79.9 Å². The van der Waals surface area contributed by atoms with Crippen molar-refractivity contribution in [1.29, 1.82) is 0 Å². The van der Waals surface area contributed by atoms with Crippen molar-refractivity contribution in [1.82, 2.24) is 20.1 Å². The third-order valence-corrected chi connectivity index (χ3v) is 7.21. The number of primary amides is 1. The van der Waals surface area contributed by atoms with Crippen LogP contribution >= 0.6 is 0 Å². The van der Waals surface area contributed by atoms with Crippen molar-refractivity contribution in [3.05, 3.63) is 93.8 Å². The molecule has 3 aromatic rings. The number of aromatic nitrogens is 1. The van der Waals surface area contributed by atoms with Crippen LogP contribution < -0.4 is 16.4 Å². The van der Waals surface area contributed by atoms with Crippen LogP contribution in [0.1, 0.15) is 56.0 Å². The molecular formula is C29H31N5O3. The monoisotopic (exact) mass is 497 g/mol. The van der Waals surface area contributed by atoms with Gasteiger partial charge in [-0.15, -0.1) is 0 Å². The maximum atomic E-state index is 13.0. The molecule has 190 valence electrons. The van der Waals surface area contributed by atoms with Crippen LogP contribution in [0.4, 0.5) is 0 Å². The Kier molecular flexibility index (Phi) is 6.67. The van der Waals surface area contributed by atoms with Crippen LogP contribution in [0.2, 0.25) is 0 Å². The van der Waals surface area contributed by atoms with E-state index in [9.17, 15) is 14.4 Å². The number of carbonyl (C=O) groups is 3. The van der Waals surface area contributed by atoms with Gasteiger partial charge in [0.05, 0.1) is 0 Å². The number of nitrogens with one attached hydrogen (secondary N) is 2. The van der Waals surface area contributed by atoms with Gasteiger partial charge in [0, 0.05) is 54.4 Å². The Labute approximate surface area is 215 Å². The van der Waals surface area contributed by atoms with E-state index in [0.717, 1.165) is 54.5 Å². The van der Waals surface area contributed by atoms with Crippen molar-refractivity contribution in [2.45, 2.75) is 25.8 Å². The number of hydrogen-bond acceptors (Lipinski definition) is 4. The SMILES string of the molecule is CN1CCC2=C(C=C(NC(=O)c3cccc(CNC(=O)c4cc5cc(C(N)=O)ccc5n4C)c3)CC2)C1. The van der Waals surface area contributed by atoms with Gasteiger partial charge in [-0.2, -0.15) is 0 Å². The number of aryl methyl sites for hydroxylation is 1. The summed E-state index contributed by atoms with van der Waals surface area (Å²) in [6.45, 7) is 2.29. The first kappa shape index (κ1) is 24.5. The number of benzene rings is 2. The van der Waals surface area contributed by atoms with Gasteiger partial charge < -0.3 is 25.8 Å². The molecule has 4 N–H and O–H groups in total. The third kappa shape index (κ3) is 5.20. The predicted molar refractivity (Wildman–Crippen MR) is 143 cm³/mol. The van der Waals surface area contributed by atoms with Gasteiger partial charge in [-0.3, -0.25) is 14.4 Å². The van der Waals surface area contributed by atoms with E-state index in [0.29, 0.717) is 16.8 Å². The number of nitrogens with two attached hydrogens (primary N) is 1. The summed E-state index contributed by atoms with van der Waals surface area (Å²) in [6, 6.07) is 14.1. The van der Waals surface area contributed by atoms with Crippen LogP contribution in [0, 0.1) is 0 Å². The number of hydrogen-bond donors (Lipinski definition) is 3. The molecule has 0 saturated carbocycles. The van der Waals surface area contributed by atoms with E-state index in [1.807, 2.05) is 12.1 Å². The Morgan fingerprint density at radius 1 is 0.946 bits per heavy atom. The highest BCUT2D eigenvalue weighted by atomic mass is 16.2. The zero-order chi connectivity index (χ0) is 26.1. The average molecular weight is 498 g/mol. The molecule has 0 fully saturated rings. The van der Waals surface area contributed by atoms with Crippen molar-refractivity contribution < 1.29 is 14.4 Å². The fourth-order valence-corrected chi connectivity index (χ4v) is 5.10. The van der Waals surface area contributed by atoms with Gasteiger partial charge in [0.1, 0.15) is 5.69 Å². The van der Waals surface area contributed by atoms with Crippen LogP contribution in [-0.4, -0.2) is 47.3 Å². The minimum Gasteiger partial charge on any atom is -0.366 e. The molecule has 1 aliphatic carbocycles. The lowest BCUT2D eigenvalue weighted by Crippen LogP contribution is -2.31. The summed E-state index contributed by atoms with van der Waals surface area (Å²) in [7, 11) is 3.92. The Hall–Kier alpha value is -4.17. The summed E-state index contributed by atoms with van der Waals surface area (Å²) in [4.78, 5) is 39.7. The Balaban J connectivity index is 1.24. The number of carbonyl (C=O) groups excluding carboxylic acids is 3. The Morgan fingerprint density at radius 3 is 2.59 bits per heavy atom. The van der Waals surface area contributed by atoms with Gasteiger partial charge in [-0.1, -0.05) is 17.7 Å². The molecule has 0 saturated heterocycles. The molecule has 0 bridgehead atoms. The topological polar surface area (TPSA) is 109 Å². The molecule has 0 atom stereocenters. The number of allylic oxidation sites excluding steroid dienone is 1. The van der Waals surface area contributed by atoms with Gasteiger partial charge in [0.15, 0.2) is 0 Å². The van der Waals surface area contributed by atoms with E-state index in [1.165, 1.54) is 11.1 Å². The number of amides is 3. The van der Waals surface area contributed by atoms with Crippen molar-refractivity contribution in [3.63, 3.8) is 0 Å². The highest BCUT2D eigenvalue weighted by molar-refractivity contribution is 6.02. The second-order valence-electron chi connectivity index (χ2n) is 9.85. The van der Waals surface area contributed by atoms with Crippen LogP contribution in [0.3, 0.4) is 0 Å². The molecule has 8 nitrogen and oxygen atoms in total. The Bertz CT molecular complexity index is 1480. The van der Waals surface area contributed by atoms with Crippen LogP contribution in [0.25, 0.3) is 10.9 Å². The Morgan fingerprint density at radius 2 is 1.78 bits per heavy atom. The summed E-state index contributed by atoms with van der Waals surface area (Å²) < 4.78 is 1.78. The predicted octanol–water partition coefficient (Wildman–Crippen LogP) is 3.25. The number of nitrogens with zero attached hydrogens (tertiary/aromatic N) is 2. The van der Waals surface area contributed by atoms with Gasteiger partial charge >= 0.3 is 0 Å². The number of rotatable bonds is 6. The van der Waals surface area contributed by atoms with E-state index >= 15 is 0 Å². The standard InChI is InChI=1S/C29H31N5O3/c1-33-11-10-19-6-8-24(14-23(19)17-33)32-28(36)21-5-3-4-18(12-21)16-31-29(37)26-15-22-13-20(27(30)35)7-9-25(22)34(26)2/h3-5,7,9,12-15H,6,8,10-11,16-17H2,1-2H3,(H2,30,35)(H,31,37)(H,32,36). The smallest absolute Gasteiger partial charge is 0.268 e. The molecule has 0 radical (unpaired) electrons. The van der Waals surface area contributed by atoms with Crippen LogP contribution in [0.5, 0.6) is 0 Å². The normalized spacial score (nSPS) is 15.8. The average Bonchev–Trinajstić information content (AvgIpc) is 3.23. The molecule has 1 aromatic heterocycles. The molecule has 2 aliphatic rings. The molecule has 37 heavy (non-hydrogen) atoms. The minimum atomic E-state index is -0.510. The first-order valence-electron chi connectivity index (χ1n) is 12.5. The van der Waals surface area contributed by atoms with Crippen LogP contribution in [-0.2, 0) is 13.6 Å². The van der Waals surface area contributed by atoms with Crippen molar-refractivity contribution in [2.75, 3.05) is 20.1 Å². The highest BCUT2D eigenvalue weighted by Gasteiger charge is 2.20. The number of likely N-dealkylation sites (N-methyl/N-ethyl adjacent to an activating group) is 1. The highest BCUT2D eigenvalue weighted by Crippen LogP contribution is 2.29. The third-order valence-electron chi connectivity index (χ3n) is 7.21. The first-order chi connectivity index (χ1) is 17.8. The second-order valence-corrected chi connectivity index (χ2v) is 9.85. The maximum absolute atomic E-state index is 13.0. The van der Waals surface area contributed by atoms with Crippen molar-refractivity contribution >= 4 is 28.6 Å². The van der Waals surface area contributed by atoms with E-state index in [2.05, 4.69) is 28.7 Å². The van der Waals surface area contributed by atoms with Gasteiger partial charge in [0.2, 0.25) is 5.91 Å². The first-order valence-corrected chi connectivity index (χ1v) is 12.5. The second kappa shape index (κ2) is 10.1. The summed E-state index contributed by atoms with van der Waals surface area (Å²) in [5.41, 5.74) is 12.2. The number of fused-ring (bicyclic) bond motifs is 1. The van der Waals surface area contributed by atoms with Gasteiger partial charge in [-0.25, -0.2) is 0 Å². The van der Waals surface area contributed by atoms with Crippen molar-refractivity contribution in [2.24, 2.45) is 12.8 Å². The fraction of sp³-hybridized carbons (Fsp3) is 0.276. The van der Waals surface area contributed by atoms with Crippen molar-refractivity contribution in [3.8, 4) is 0 Å². The zero-order valence-electron chi connectivity index (χ0n) is 21.1. The van der Waals surface area contributed by atoms with Gasteiger partial charge in [0.25, 0.3) is 11.8 Å². The molecule has 0 unspecified atom stereocenters. The lowest BCUT2D eigenvalue weighted by atomic mass is 9.90. The zero-order valence-corrected chi connectivity index (χ0v) is 21.1. The molecule has 2 aromatic carbocycles. The molecule has 0 spiro atoms. The lowest BCUT2D eigenvalue weighted by Gasteiger charge is -2.30. The molecular weight excluding hydrogens is 466 g/mol. The summed E-state index contributed by atoms with van der Waals surface area (Å²) >= 11 is 0. The van der Waals surface area contributed by atoms with Crippen LogP contribution in [0.15, 0.2) is 71.5 Å². The lowest BCUT2D eigenvalue weighted by molar-refractivity contribution is 0.0941. The van der Waals surface area contributed by atoms with E-state index in [4.69, 9.17) is 5.73 Å². The quantitative estimate of drug-likeness (QED) is 0.486. The molecule has 2 heterocycles. The molecule has 1 aliphatic heterocycles. The van der Waals surface area contributed by atoms with E-state index in [1.54, 1.807) is 48.0 Å². The maximum Gasteiger partial charge on any atom is 0.268 e. The molecule has 8 heteroatoms. The van der Waals surface area contributed by atoms with E-state index in [-0.39, 0.29) is 18.4 Å². The summed E-state index contributed by atoms with van der Waals surface area (Å²) in [5.74, 6) is -0.904. The molecule has 5 rings (SSSR count). The van der Waals surface area contributed by atoms with E-state index < -0.39 is 5.91 Å². The molecule has 3 amide bonds. The fourth-order valence-electron chi connectivity index (χ4n) is 5.10. The summed E-state index contributed by atoms with van der Waals surface area (Å²) in [6.07, 6.45) is 5.08. The largest absolute Gasteiger partial charge is 0.366 e.